The molecule has 1 aromatic heterocycles. The van der Waals surface area contributed by atoms with E-state index in [0.717, 1.165) is 29.7 Å². The van der Waals surface area contributed by atoms with Crippen molar-refractivity contribution in [1.82, 2.24) is 10.3 Å². The van der Waals surface area contributed by atoms with Crippen molar-refractivity contribution < 1.29 is 0 Å². The van der Waals surface area contributed by atoms with Crippen LogP contribution in [0.4, 0.5) is 11.4 Å². The summed E-state index contributed by atoms with van der Waals surface area (Å²) in [5.41, 5.74) is 4.49. The van der Waals surface area contributed by atoms with Gasteiger partial charge in [-0.25, -0.2) is 0 Å². The van der Waals surface area contributed by atoms with Crippen LogP contribution in [0.3, 0.4) is 0 Å². The molecular weight excluding hydrogens is 344 g/mol. The molecule has 0 radical (unpaired) electrons. The molecule has 0 amide bonds. The summed E-state index contributed by atoms with van der Waals surface area (Å²) >= 11 is 6.06. The first-order valence-corrected chi connectivity index (χ1v) is 9.18. The number of nitrogens with one attached hydrogen (secondary N) is 2. The fourth-order valence-electron chi connectivity index (χ4n) is 2.91. The van der Waals surface area contributed by atoms with Gasteiger partial charge in [0.25, 0.3) is 0 Å². The van der Waals surface area contributed by atoms with Gasteiger partial charge in [0.05, 0.1) is 5.52 Å². The van der Waals surface area contributed by atoms with E-state index in [-0.39, 0.29) is 6.04 Å². The van der Waals surface area contributed by atoms with Gasteiger partial charge in [-0.15, -0.1) is 0 Å². The molecule has 2 aromatic carbocycles. The maximum atomic E-state index is 6.06. The summed E-state index contributed by atoms with van der Waals surface area (Å²) in [6.07, 6.45) is 1.81. The summed E-state index contributed by atoms with van der Waals surface area (Å²) in [6.45, 7) is 3.89. The highest BCUT2D eigenvalue weighted by Gasteiger charge is 2.06. The number of hydrogen-bond donors (Lipinski definition) is 2. The molecule has 0 unspecified atom stereocenters. The summed E-state index contributed by atoms with van der Waals surface area (Å²) in [5.74, 6) is 0. The molecule has 1 atom stereocenters. The van der Waals surface area contributed by atoms with Gasteiger partial charge in [-0.05, 0) is 48.9 Å². The third-order valence-electron chi connectivity index (χ3n) is 4.34. The molecule has 0 bridgehead atoms. The van der Waals surface area contributed by atoms with Crippen molar-refractivity contribution in [2.24, 2.45) is 0 Å². The lowest BCUT2D eigenvalue weighted by Gasteiger charge is -2.18. The van der Waals surface area contributed by atoms with Crippen molar-refractivity contribution in [1.29, 1.82) is 0 Å². The molecule has 136 valence electrons. The number of fused-ring (bicyclic) bond motifs is 1. The standard InChI is InChI=1S/C21H25ClN4/c1-15(13-23-14-16-4-7-18(8-5-16)26(2)3)25-20-10-11-24-21-12-17(22)6-9-19(20)21/h4-12,15,23H,13-14H2,1-3H3,(H,24,25)/t15-/m1/s1. The Kier molecular flexibility index (Phi) is 5.96. The summed E-state index contributed by atoms with van der Waals surface area (Å²) in [6, 6.07) is 16.7. The Morgan fingerprint density at radius 2 is 1.85 bits per heavy atom. The monoisotopic (exact) mass is 368 g/mol. The van der Waals surface area contributed by atoms with Crippen LogP contribution in [-0.4, -0.2) is 31.7 Å². The zero-order valence-electron chi connectivity index (χ0n) is 15.5. The Bertz CT molecular complexity index is 862. The van der Waals surface area contributed by atoms with Crippen LogP contribution in [0.25, 0.3) is 10.9 Å². The second-order valence-corrected chi connectivity index (χ2v) is 7.19. The van der Waals surface area contributed by atoms with Gasteiger partial charge in [-0.1, -0.05) is 23.7 Å². The van der Waals surface area contributed by atoms with Crippen molar-refractivity contribution in [3.05, 3.63) is 65.3 Å². The average molecular weight is 369 g/mol. The first-order chi connectivity index (χ1) is 12.5. The van der Waals surface area contributed by atoms with E-state index in [1.807, 2.05) is 30.5 Å². The van der Waals surface area contributed by atoms with Crippen molar-refractivity contribution in [3.8, 4) is 0 Å². The van der Waals surface area contributed by atoms with Crippen LogP contribution in [0.1, 0.15) is 12.5 Å². The minimum atomic E-state index is 0.289. The molecule has 0 saturated carbocycles. The van der Waals surface area contributed by atoms with Gasteiger partial charge in [-0.2, -0.15) is 0 Å². The van der Waals surface area contributed by atoms with Gasteiger partial charge in [0.15, 0.2) is 0 Å². The number of nitrogens with zero attached hydrogens (tertiary/aromatic N) is 2. The normalized spacial score (nSPS) is 12.2. The highest BCUT2D eigenvalue weighted by atomic mass is 35.5. The lowest BCUT2D eigenvalue weighted by atomic mass is 10.1. The molecule has 0 aliphatic rings. The summed E-state index contributed by atoms with van der Waals surface area (Å²) in [7, 11) is 4.11. The zero-order valence-corrected chi connectivity index (χ0v) is 16.2. The van der Waals surface area contributed by atoms with Crippen molar-refractivity contribution in [3.63, 3.8) is 0 Å². The fourth-order valence-corrected chi connectivity index (χ4v) is 3.07. The van der Waals surface area contributed by atoms with E-state index in [1.54, 1.807) is 0 Å². The van der Waals surface area contributed by atoms with E-state index in [9.17, 15) is 0 Å². The predicted octanol–water partition coefficient (Wildman–Crippen LogP) is 4.54. The highest BCUT2D eigenvalue weighted by Crippen LogP contribution is 2.24. The molecule has 0 aliphatic carbocycles. The maximum Gasteiger partial charge on any atom is 0.0737 e. The number of halogens is 1. The third-order valence-corrected chi connectivity index (χ3v) is 4.57. The van der Waals surface area contributed by atoms with Crippen LogP contribution in [-0.2, 0) is 6.54 Å². The molecule has 3 rings (SSSR count). The van der Waals surface area contributed by atoms with Crippen molar-refractivity contribution in [2.75, 3.05) is 30.9 Å². The number of benzene rings is 2. The van der Waals surface area contributed by atoms with Crippen LogP contribution in [0.5, 0.6) is 0 Å². The van der Waals surface area contributed by atoms with Gasteiger partial charge >= 0.3 is 0 Å². The van der Waals surface area contributed by atoms with Gasteiger partial charge in [-0.3, -0.25) is 4.98 Å². The Hall–Kier alpha value is -2.30. The van der Waals surface area contributed by atoms with E-state index >= 15 is 0 Å². The second kappa shape index (κ2) is 8.39. The Balaban J connectivity index is 1.55. The fraction of sp³-hybridized carbons (Fsp3) is 0.286. The highest BCUT2D eigenvalue weighted by molar-refractivity contribution is 6.31. The second-order valence-electron chi connectivity index (χ2n) is 6.76. The van der Waals surface area contributed by atoms with Gasteiger partial charge in [0.2, 0.25) is 0 Å². The molecule has 3 aromatic rings. The zero-order chi connectivity index (χ0) is 18.5. The lowest BCUT2D eigenvalue weighted by Crippen LogP contribution is -2.30. The largest absolute Gasteiger partial charge is 0.381 e. The van der Waals surface area contributed by atoms with E-state index in [4.69, 9.17) is 11.6 Å². The number of rotatable bonds is 7. The molecule has 4 nitrogen and oxygen atoms in total. The smallest absolute Gasteiger partial charge is 0.0737 e. The molecule has 0 aliphatic heterocycles. The average Bonchev–Trinajstić information content (AvgIpc) is 2.62. The molecule has 2 N–H and O–H groups in total. The number of anilines is 2. The minimum Gasteiger partial charge on any atom is -0.381 e. The van der Waals surface area contributed by atoms with E-state index in [0.29, 0.717) is 5.02 Å². The lowest BCUT2D eigenvalue weighted by molar-refractivity contribution is 0.632. The first-order valence-electron chi connectivity index (χ1n) is 8.81. The molecule has 1 heterocycles. The van der Waals surface area contributed by atoms with E-state index in [2.05, 4.69) is 65.8 Å². The van der Waals surface area contributed by atoms with Crippen LogP contribution >= 0.6 is 11.6 Å². The number of hydrogen-bond acceptors (Lipinski definition) is 4. The first kappa shape index (κ1) is 18.5. The Labute approximate surface area is 160 Å². The maximum absolute atomic E-state index is 6.06. The number of pyridine rings is 1. The van der Waals surface area contributed by atoms with E-state index in [1.165, 1.54) is 11.3 Å². The molecule has 0 spiro atoms. The minimum absolute atomic E-state index is 0.289. The van der Waals surface area contributed by atoms with Crippen molar-refractivity contribution in [2.45, 2.75) is 19.5 Å². The molecule has 0 fully saturated rings. The van der Waals surface area contributed by atoms with Gasteiger partial charge in [0, 0.05) is 61.2 Å². The van der Waals surface area contributed by atoms with Gasteiger partial charge in [0.1, 0.15) is 0 Å². The Morgan fingerprint density at radius 3 is 2.58 bits per heavy atom. The van der Waals surface area contributed by atoms with Crippen LogP contribution < -0.4 is 15.5 Å². The molecule has 0 saturated heterocycles. The Morgan fingerprint density at radius 1 is 1.08 bits per heavy atom. The molecular formula is C21H25ClN4. The summed E-state index contributed by atoms with van der Waals surface area (Å²) < 4.78 is 0. The van der Waals surface area contributed by atoms with Crippen LogP contribution in [0.2, 0.25) is 5.02 Å². The van der Waals surface area contributed by atoms with Gasteiger partial charge < -0.3 is 15.5 Å². The summed E-state index contributed by atoms with van der Waals surface area (Å²) in [4.78, 5) is 6.49. The number of aromatic nitrogens is 1. The van der Waals surface area contributed by atoms with Crippen molar-refractivity contribution >= 4 is 33.9 Å². The van der Waals surface area contributed by atoms with Crippen LogP contribution in [0.15, 0.2) is 54.7 Å². The molecule has 5 heteroatoms. The SMILES string of the molecule is C[C@H](CNCc1ccc(N(C)C)cc1)Nc1ccnc2cc(Cl)ccc12. The molecule has 26 heavy (non-hydrogen) atoms. The van der Waals surface area contributed by atoms with Crippen LogP contribution in [0, 0.1) is 0 Å². The quantitative estimate of drug-likeness (QED) is 0.642. The van der Waals surface area contributed by atoms with E-state index < -0.39 is 0 Å². The summed E-state index contributed by atoms with van der Waals surface area (Å²) in [5, 5.41) is 8.87. The topological polar surface area (TPSA) is 40.2 Å². The predicted molar refractivity (Wildman–Crippen MR) is 112 cm³/mol. The third kappa shape index (κ3) is 4.65.